The number of halogens is 1. The molecule has 0 rings (SSSR count). The molecule has 0 bridgehead atoms. The molecule has 0 aliphatic carbocycles. The van der Waals surface area contributed by atoms with Crippen molar-refractivity contribution < 1.29 is 14.3 Å². The van der Waals surface area contributed by atoms with Gasteiger partial charge in [-0.25, -0.2) is 0 Å². The fourth-order valence-electron chi connectivity index (χ4n) is 1.68. The van der Waals surface area contributed by atoms with Crippen LogP contribution in [0.1, 0.15) is 65.2 Å². The van der Waals surface area contributed by atoms with Gasteiger partial charge >= 0.3 is 5.97 Å². The van der Waals surface area contributed by atoms with Crippen molar-refractivity contribution in [2.24, 2.45) is 0 Å². The van der Waals surface area contributed by atoms with Gasteiger partial charge in [-0.15, -0.1) is 11.6 Å². The lowest BCUT2D eigenvalue weighted by Crippen LogP contribution is -2.11. The average molecular weight is 293 g/mol. The second-order valence-electron chi connectivity index (χ2n) is 4.92. The van der Waals surface area contributed by atoms with Crippen LogP contribution in [-0.4, -0.2) is 31.2 Å². The largest absolute Gasteiger partial charge is 0.463 e. The molecule has 0 heterocycles. The van der Waals surface area contributed by atoms with Crippen LogP contribution in [0.5, 0.6) is 0 Å². The lowest BCUT2D eigenvalue weighted by atomic mass is 10.1. The number of rotatable bonds is 13. The number of unbranched alkanes of at least 4 members (excludes halogenated alkanes) is 5. The van der Waals surface area contributed by atoms with Crippen molar-refractivity contribution in [2.75, 3.05) is 19.8 Å². The highest BCUT2D eigenvalue weighted by Gasteiger charge is 2.02. The Morgan fingerprint density at radius 3 is 2.42 bits per heavy atom. The summed E-state index contributed by atoms with van der Waals surface area (Å²) in [5.74, 6) is -0.107. The molecule has 1 unspecified atom stereocenters. The Kier molecular flexibility index (Phi) is 13.9. The van der Waals surface area contributed by atoms with E-state index in [2.05, 4.69) is 6.92 Å². The van der Waals surface area contributed by atoms with E-state index in [1.165, 1.54) is 25.7 Å². The molecule has 0 N–H and O–H groups in total. The quantitative estimate of drug-likeness (QED) is 0.288. The van der Waals surface area contributed by atoms with Gasteiger partial charge in [0.05, 0.1) is 6.61 Å². The summed E-state index contributed by atoms with van der Waals surface area (Å²) in [6.45, 7) is 5.58. The van der Waals surface area contributed by atoms with Crippen molar-refractivity contribution in [1.29, 1.82) is 0 Å². The first-order valence-electron chi connectivity index (χ1n) is 7.54. The Morgan fingerprint density at radius 1 is 1.05 bits per heavy atom. The van der Waals surface area contributed by atoms with E-state index in [4.69, 9.17) is 21.1 Å². The van der Waals surface area contributed by atoms with Crippen LogP contribution >= 0.6 is 11.6 Å². The van der Waals surface area contributed by atoms with Gasteiger partial charge in [0, 0.05) is 18.4 Å². The molecule has 0 saturated carbocycles. The summed E-state index contributed by atoms with van der Waals surface area (Å²) in [4.78, 5) is 11.4. The first kappa shape index (κ1) is 18.7. The average Bonchev–Trinajstić information content (AvgIpc) is 2.37. The molecule has 3 nitrogen and oxygen atoms in total. The summed E-state index contributed by atoms with van der Waals surface area (Å²) < 4.78 is 10.4. The van der Waals surface area contributed by atoms with Gasteiger partial charge in [-0.1, -0.05) is 39.0 Å². The smallest absolute Gasteiger partial charge is 0.305 e. The highest BCUT2D eigenvalue weighted by atomic mass is 35.5. The molecule has 0 amide bonds. The molecule has 0 spiro atoms. The first-order valence-corrected chi connectivity index (χ1v) is 7.98. The molecule has 0 aromatic carbocycles. The van der Waals surface area contributed by atoms with Crippen molar-refractivity contribution in [3.05, 3.63) is 0 Å². The summed E-state index contributed by atoms with van der Waals surface area (Å²) in [6, 6.07) is 0. The van der Waals surface area contributed by atoms with E-state index < -0.39 is 0 Å². The molecule has 4 heteroatoms. The molecule has 0 aliphatic heterocycles. The number of hydrogen-bond acceptors (Lipinski definition) is 3. The molecule has 114 valence electrons. The topological polar surface area (TPSA) is 35.5 Å². The molecule has 0 fully saturated rings. The standard InChI is InChI=1S/C15H29ClO3/c1-3-4-5-6-7-8-9-15(17)19-13-12-18-11-10-14(2)16/h14H,3-13H2,1-2H3. The van der Waals surface area contributed by atoms with Crippen LogP contribution < -0.4 is 0 Å². The molecule has 0 aromatic rings. The minimum Gasteiger partial charge on any atom is -0.463 e. The van der Waals surface area contributed by atoms with Gasteiger partial charge < -0.3 is 9.47 Å². The van der Waals surface area contributed by atoms with Crippen LogP contribution in [0.15, 0.2) is 0 Å². The number of carbonyl (C=O) groups is 1. The molecule has 19 heavy (non-hydrogen) atoms. The van der Waals surface area contributed by atoms with E-state index >= 15 is 0 Å². The highest BCUT2D eigenvalue weighted by Crippen LogP contribution is 2.07. The second-order valence-corrected chi connectivity index (χ2v) is 5.67. The van der Waals surface area contributed by atoms with Gasteiger partial charge in [-0.3, -0.25) is 4.79 Å². The maximum absolute atomic E-state index is 11.4. The third-order valence-electron chi connectivity index (χ3n) is 2.89. The molecule has 0 radical (unpaired) electrons. The Balaban J connectivity index is 3.17. The third-order valence-corrected chi connectivity index (χ3v) is 3.10. The maximum atomic E-state index is 11.4. The summed E-state index contributed by atoms with van der Waals surface area (Å²) >= 11 is 5.78. The van der Waals surface area contributed by atoms with Gasteiger partial charge in [-0.2, -0.15) is 0 Å². The SMILES string of the molecule is CCCCCCCCC(=O)OCCOCCC(C)Cl. The van der Waals surface area contributed by atoms with Crippen molar-refractivity contribution in [2.45, 2.75) is 70.6 Å². The number of hydrogen-bond donors (Lipinski definition) is 0. The summed E-state index contributed by atoms with van der Waals surface area (Å²) in [5, 5.41) is 0.134. The minimum absolute atomic E-state index is 0.107. The summed E-state index contributed by atoms with van der Waals surface area (Å²) in [5.41, 5.74) is 0. The predicted octanol–water partition coefficient (Wildman–Crippen LogP) is 4.31. The Labute approximate surface area is 123 Å². The normalized spacial score (nSPS) is 12.4. The number of ether oxygens (including phenoxy) is 2. The summed E-state index contributed by atoms with van der Waals surface area (Å²) in [6.07, 6.45) is 8.47. The molecule has 0 saturated heterocycles. The van der Waals surface area contributed by atoms with E-state index in [0.717, 1.165) is 19.3 Å². The van der Waals surface area contributed by atoms with Crippen molar-refractivity contribution in [3.8, 4) is 0 Å². The van der Waals surface area contributed by atoms with Crippen LogP contribution in [0, 0.1) is 0 Å². The summed E-state index contributed by atoms with van der Waals surface area (Å²) in [7, 11) is 0. The first-order chi connectivity index (χ1) is 9.16. The van der Waals surface area contributed by atoms with E-state index in [1.807, 2.05) is 6.92 Å². The second kappa shape index (κ2) is 14.1. The van der Waals surface area contributed by atoms with Gasteiger partial charge in [-0.05, 0) is 19.8 Å². The Hall–Kier alpha value is -0.280. The lowest BCUT2D eigenvalue weighted by molar-refractivity contribution is -0.145. The lowest BCUT2D eigenvalue weighted by Gasteiger charge is -2.07. The van der Waals surface area contributed by atoms with Gasteiger partial charge in [0.1, 0.15) is 6.61 Å². The van der Waals surface area contributed by atoms with Crippen molar-refractivity contribution in [3.63, 3.8) is 0 Å². The van der Waals surface area contributed by atoms with Crippen LogP contribution in [0.2, 0.25) is 0 Å². The molecule has 1 atom stereocenters. The number of esters is 1. The number of alkyl halides is 1. The van der Waals surface area contributed by atoms with Crippen molar-refractivity contribution in [1.82, 2.24) is 0 Å². The van der Waals surface area contributed by atoms with E-state index in [9.17, 15) is 4.79 Å². The monoisotopic (exact) mass is 292 g/mol. The maximum Gasteiger partial charge on any atom is 0.305 e. The third kappa shape index (κ3) is 15.7. The van der Waals surface area contributed by atoms with E-state index in [-0.39, 0.29) is 11.3 Å². The van der Waals surface area contributed by atoms with E-state index in [0.29, 0.717) is 26.2 Å². The molecule has 0 aliphatic rings. The fraction of sp³-hybridized carbons (Fsp3) is 0.933. The van der Waals surface area contributed by atoms with Crippen molar-refractivity contribution >= 4 is 17.6 Å². The zero-order chi connectivity index (χ0) is 14.3. The van der Waals surface area contributed by atoms with Crippen LogP contribution in [-0.2, 0) is 14.3 Å². The van der Waals surface area contributed by atoms with E-state index in [1.54, 1.807) is 0 Å². The van der Waals surface area contributed by atoms with Crippen LogP contribution in [0.3, 0.4) is 0 Å². The zero-order valence-corrected chi connectivity index (χ0v) is 13.2. The van der Waals surface area contributed by atoms with Crippen LogP contribution in [0.4, 0.5) is 0 Å². The predicted molar refractivity (Wildman–Crippen MR) is 79.7 cm³/mol. The molecule has 0 aromatic heterocycles. The van der Waals surface area contributed by atoms with Gasteiger partial charge in [0.2, 0.25) is 0 Å². The van der Waals surface area contributed by atoms with Gasteiger partial charge in [0.25, 0.3) is 0 Å². The van der Waals surface area contributed by atoms with Gasteiger partial charge in [0.15, 0.2) is 0 Å². The molecular weight excluding hydrogens is 264 g/mol. The highest BCUT2D eigenvalue weighted by molar-refractivity contribution is 6.20. The Morgan fingerprint density at radius 2 is 1.74 bits per heavy atom. The van der Waals surface area contributed by atoms with Crippen LogP contribution in [0.25, 0.3) is 0 Å². The minimum atomic E-state index is -0.107. The Bertz CT molecular complexity index is 208. The fourth-order valence-corrected chi connectivity index (χ4v) is 1.77. The zero-order valence-electron chi connectivity index (χ0n) is 12.5. The number of carbonyl (C=O) groups excluding carboxylic acids is 1. The molecular formula is C15H29ClO3.